The Morgan fingerprint density at radius 2 is 2.25 bits per heavy atom. The summed E-state index contributed by atoms with van der Waals surface area (Å²) in [5.74, 6) is 1.77. The molecule has 4 nitrogen and oxygen atoms in total. The van der Waals surface area contributed by atoms with Crippen LogP contribution in [0.15, 0.2) is 0 Å². The molecule has 8 heavy (non-hydrogen) atoms. The van der Waals surface area contributed by atoms with Gasteiger partial charge < -0.3 is 9.79 Å². The number of hydrogen-bond donors (Lipinski definition) is 3. The highest BCUT2D eigenvalue weighted by Gasteiger charge is 2.08. The van der Waals surface area contributed by atoms with Gasteiger partial charge in [0, 0.05) is 0 Å². The van der Waals surface area contributed by atoms with Crippen molar-refractivity contribution >= 4 is 7.75 Å². The first-order chi connectivity index (χ1) is 3.56. The third-order valence-electron chi connectivity index (χ3n) is 0.373. The van der Waals surface area contributed by atoms with Crippen LogP contribution in [0.5, 0.6) is 0 Å². The molecule has 5 heteroatoms. The average molecular weight is 134 g/mol. The molecule has 0 aliphatic heterocycles. The number of hydrogen-bond acceptors (Lipinski definition) is 1. The van der Waals surface area contributed by atoms with E-state index < -0.39 is 7.75 Å². The number of rotatable bonds is 2. The average Bonchev–Trinajstić information content (AvgIpc) is 1.59. The molecule has 3 N–H and O–H groups in total. The van der Waals surface area contributed by atoms with Crippen molar-refractivity contribution < 1.29 is 14.4 Å². The van der Waals surface area contributed by atoms with Crippen LogP contribution in [-0.4, -0.2) is 16.3 Å². The van der Waals surface area contributed by atoms with Gasteiger partial charge in [0.1, 0.15) is 0 Å². The molecule has 0 bridgehead atoms. The molecule has 0 aromatic rings. The van der Waals surface area contributed by atoms with Crippen molar-refractivity contribution in [3.8, 4) is 5.92 Å². The van der Waals surface area contributed by atoms with Crippen LogP contribution in [-0.2, 0) is 4.57 Å². The Morgan fingerprint density at radius 1 is 1.75 bits per heavy atom. The molecule has 0 atom stereocenters. The Kier molecular flexibility index (Phi) is 2.74. The largest absolute Gasteiger partial charge is 0.401 e. The topological polar surface area (TPSA) is 69.6 Å². The van der Waals surface area contributed by atoms with Gasteiger partial charge in [-0.3, -0.25) is 0 Å². The summed E-state index contributed by atoms with van der Waals surface area (Å²) in [5.41, 5.74) is 0. The van der Waals surface area contributed by atoms with Gasteiger partial charge in [-0.15, -0.1) is 0 Å². The molecule has 0 amide bonds. The molecule has 45 valence electrons. The Labute approximate surface area is 47.1 Å². The van der Waals surface area contributed by atoms with E-state index >= 15 is 0 Å². The summed E-state index contributed by atoms with van der Waals surface area (Å²) in [6.07, 6.45) is 6.23. The van der Waals surface area contributed by atoms with Crippen molar-refractivity contribution in [2.45, 2.75) is 0 Å². The lowest BCUT2D eigenvalue weighted by Crippen LogP contribution is -2.08. The van der Waals surface area contributed by atoms with Crippen LogP contribution >= 0.6 is 7.75 Å². The summed E-state index contributed by atoms with van der Waals surface area (Å²) in [4.78, 5) is 16.1. The Bertz CT molecular complexity index is 143. The van der Waals surface area contributed by atoms with Crippen molar-refractivity contribution in [1.82, 2.24) is 5.09 Å². The predicted octanol–water partition coefficient (Wildman–Crippen LogP) is -0.742. The quantitative estimate of drug-likeness (QED) is 0.343. The van der Waals surface area contributed by atoms with Gasteiger partial charge in [-0.25, -0.2) is 9.65 Å². The fourth-order valence-electron chi connectivity index (χ4n) is 0.143. The van der Waals surface area contributed by atoms with E-state index in [2.05, 4.69) is 0 Å². The molecule has 0 saturated carbocycles. The van der Waals surface area contributed by atoms with Gasteiger partial charge in [-0.1, -0.05) is 5.92 Å². The van der Waals surface area contributed by atoms with Gasteiger partial charge >= 0.3 is 7.75 Å². The van der Waals surface area contributed by atoms with E-state index in [0.717, 1.165) is 0 Å². The van der Waals surface area contributed by atoms with Crippen molar-refractivity contribution in [3.63, 3.8) is 0 Å². The second-order valence-corrected chi connectivity index (χ2v) is 2.46. The lowest BCUT2D eigenvalue weighted by molar-refractivity contribution is 0.360. The van der Waals surface area contributed by atoms with Gasteiger partial charge in [0.2, 0.25) is 0 Å². The summed E-state index contributed by atoms with van der Waals surface area (Å²) in [6.45, 7) is -0.218. The van der Waals surface area contributed by atoms with Crippen molar-refractivity contribution in [2.75, 3.05) is 6.54 Å². The Hall–Kier alpha value is -0.330. The predicted molar refractivity (Wildman–Crippen MR) is 27.2 cm³/mol. The van der Waals surface area contributed by atoms with Crippen LogP contribution in [0.4, 0.5) is 0 Å². The molecular formula is C3H5NO3P. The zero-order valence-corrected chi connectivity index (χ0v) is 4.85. The molecule has 0 aliphatic rings. The molecule has 0 aromatic heterocycles. The molecule has 0 spiro atoms. The van der Waals surface area contributed by atoms with Crippen LogP contribution < -0.4 is 5.09 Å². The fourth-order valence-corrected chi connectivity index (χ4v) is 0.428. The maximum Gasteiger partial charge on any atom is 0.401 e. The zero-order chi connectivity index (χ0) is 6.62. The monoisotopic (exact) mass is 134 g/mol. The summed E-state index contributed by atoms with van der Waals surface area (Å²) in [7, 11) is -4.11. The standard InChI is InChI=1S/C3H5NO3P/c1-2-3-4-8(5,6)7/h3H2,(H3,4,5,6,7). The van der Waals surface area contributed by atoms with Crippen LogP contribution in [0.2, 0.25) is 0 Å². The van der Waals surface area contributed by atoms with Gasteiger partial charge in [0.05, 0.1) is 6.54 Å². The van der Waals surface area contributed by atoms with Crippen molar-refractivity contribution in [1.29, 1.82) is 0 Å². The molecule has 1 radical (unpaired) electrons. The maximum absolute atomic E-state index is 9.85. The zero-order valence-electron chi connectivity index (χ0n) is 3.96. The van der Waals surface area contributed by atoms with E-state index in [1.165, 1.54) is 0 Å². The molecule has 0 fully saturated rings. The molecule has 0 aromatic carbocycles. The van der Waals surface area contributed by atoms with E-state index in [4.69, 9.17) is 16.2 Å². The van der Waals surface area contributed by atoms with E-state index in [9.17, 15) is 4.57 Å². The van der Waals surface area contributed by atoms with Gasteiger partial charge in [0.25, 0.3) is 0 Å². The molecule has 0 heterocycles. The number of nitrogens with one attached hydrogen (secondary N) is 1. The third kappa shape index (κ3) is 5.67. The van der Waals surface area contributed by atoms with Gasteiger partial charge in [0.15, 0.2) is 0 Å². The molecular weight excluding hydrogens is 129 g/mol. The highest BCUT2D eigenvalue weighted by atomic mass is 31.2. The van der Waals surface area contributed by atoms with E-state index in [-0.39, 0.29) is 6.54 Å². The third-order valence-corrected chi connectivity index (χ3v) is 0.943. The lowest BCUT2D eigenvalue weighted by Gasteiger charge is -1.99. The van der Waals surface area contributed by atoms with Crippen molar-refractivity contribution in [2.24, 2.45) is 0 Å². The highest BCUT2D eigenvalue weighted by Crippen LogP contribution is 2.26. The normalized spacial score (nSPS) is 10.6. The maximum atomic E-state index is 9.85. The second-order valence-electron chi connectivity index (χ2n) is 1.06. The van der Waals surface area contributed by atoms with Crippen molar-refractivity contribution in [3.05, 3.63) is 6.42 Å². The van der Waals surface area contributed by atoms with E-state index in [0.29, 0.717) is 0 Å². The van der Waals surface area contributed by atoms with Gasteiger partial charge in [-0.2, -0.15) is 0 Å². The Balaban J connectivity index is 3.45. The minimum atomic E-state index is -4.11. The molecule has 0 rings (SSSR count). The Morgan fingerprint density at radius 3 is 2.38 bits per heavy atom. The summed E-state index contributed by atoms with van der Waals surface area (Å²) in [5, 5.41) is 1.74. The summed E-state index contributed by atoms with van der Waals surface area (Å²) >= 11 is 0. The van der Waals surface area contributed by atoms with E-state index in [1.54, 1.807) is 11.0 Å². The molecule has 0 unspecified atom stereocenters. The first-order valence-corrected chi connectivity index (χ1v) is 3.38. The first kappa shape index (κ1) is 7.67. The fraction of sp³-hybridized carbons (Fsp3) is 0.333. The van der Waals surface area contributed by atoms with Crippen LogP contribution in [0.25, 0.3) is 0 Å². The minimum absolute atomic E-state index is 0.218. The van der Waals surface area contributed by atoms with Gasteiger partial charge in [-0.05, 0) is 6.42 Å². The second kappa shape index (κ2) is 2.85. The summed E-state index contributed by atoms with van der Waals surface area (Å²) < 4.78 is 9.85. The van der Waals surface area contributed by atoms with Crippen LogP contribution in [0, 0.1) is 12.3 Å². The minimum Gasteiger partial charge on any atom is -0.313 e. The highest BCUT2D eigenvalue weighted by molar-refractivity contribution is 7.49. The SMILES string of the molecule is [C]#CCNP(=O)(O)O. The van der Waals surface area contributed by atoms with Crippen LogP contribution in [0.3, 0.4) is 0 Å². The molecule has 0 saturated heterocycles. The summed E-state index contributed by atoms with van der Waals surface area (Å²) in [6, 6.07) is 0. The molecule has 0 aliphatic carbocycles. The van der Waals surface area contributed by atoms with E-state index in [1.807, 2.05) is 0 Å². The lowest BCUT2D eigenvalue weighted by atomic mass is 10.7. The smallest absolute Gasteiger partial charge is 0.313 e. The van der Waals surface area contributed by atoms with Crippen LogP contribution in [0.1, 0.15) is 0 Å². The first-order valence-electron chi connectivity index (χ1n) is 1.76.